The van der Waals surface area contributed by atoms with Gasteiger partial charge in [0.25, 0.3) is 0 Å². The van der Waals surface area contributed by atoms with Gasteiger partial charge in [0.15, 0.2) is 5.82 Å². The van der Waals surface area contributed by atoms with Crippen molar-refractivity contribution in [3.8, 4) is 27.4 Å². The molecular formula is C60H79N11O6S. The molecule has 4 aliphatic rings. The van der Waals surface area contributed by atoms with E-state index >= 15 is 0 Å². The van der Waals surface area contributed by atoms with E-state index in [-0.39, 0.29) is 48.9 Å². The largest absolute Gasteiger partial charge is 0.507 e. The third kappa shape index (κ3) is 13.8. The summed E-state index contributed by atoms with van der Waals surface area (Å²) in [5.41, 5.74) is 15.2. The lowest BCUT2D eigenvalue weighted by molar-refractivity contribution is -0.144. The Morgan fingerprint density at radius 3 is 2.18 bits per heavy atom. The quantitative estimate of drug-likeness (QED) is 0.0447. The van der Waals surface area contributed by atoms with Gasteiger partial charge < -0.3 is 46.2 Å². The topological polar surface area (TPSA) is 214 Å². The third-order valence-corrected chi connectivity index (χ3v) is 17.1. The number of amides is 4. The summed E-state index contributed by atoms with van der Waals surface area (Å²) in [7, 11) is 0. The second kappa shape index (κ2) is 25.4. The van der Waals surface area contributed by atoms with Gasteiger partial charge >= 0.3 is 0 Å². The maximum absolute atomic E-state index is 14.1. The number of nitrogens with two attached hydrogens (primary N) is 1. The van der Waals surface area contributed by atoms with Crippen LogP contribution < -0.4 is 26.2 Å². The van der Waals surface area contributed by atoms with Crippen molar-refractivity contribution >= 4 is 52.2 Å². The number of anilines is 3. The number of aliphatic hydroxyl groups excluding tert-OH is 1. The normalized spacial score (nSPS) is 20.0. The number of unbranched alkanes of at least 4 members (excludes halogenated alkanes) is 6. The minimum Gasteiger partial charge on any atom is -0.507 e. The molecule has 18 heteroatoms. The van der Waals surface area contributed by atoms with Gasteiger partial charge in [-0.2, -0.15) is 0 Å². The molecular weight excluding hydrogens is 1000 g/mol. The molecule has 0 aliphatic carbocycles. The molecule has 6 N–H and O–H groups in total. The number of thiazole rings is 1. The summed E-state index contributed by atoms with van der Waals surface area (Å²) >= 11 is 1.59. The number of nitrogen functional groups attached to an aromatic ring is 1. The molecule has 0 radical (unpaired) electrons. The van der Waals surface area contributed by atoms with Crippen LogP contribution in [0.2, 0.25) is 0 Å². The fourth-order valence-electron chi connectivity index (χ4n) is 11.8. The smallest absolute Gasteiger partial charge is 0.246 e. The number of carbonyl (C=O) groups excluding carboxylic acids is 4. The Morgan fingerprint density at radius 2 is 1.50 bits per heavy atom. The molecule has 3 unspecified atom stereocenters. The number of likely N-dealkylation sites (tertiary alicyclic amines) is 1. The molecule has 4 aliphatic heterocycles. The third-order valence-electron chi connectivity index (χ3n) is 16.1. The van der Waals surface area contributed by atoms with Gasteiger partial charge in [-0.05, 0) is 85.0 Å². The average Bonchev–Trinajstić information content (AvgIpc) is 4.30. The number of aromatic hydroxyl groups is 1. The fraction of sp³-hybridized carbons (Fsp3) is 0.517. The molecule has 2 aromatic heterocycles. The van der Waals surface area contributed by atoms with Crippen molar-refractivity contribution in [1.29, 1.82) is 0 Å². The first-order valence-electron chi connectivity index (χ1n) is 28.2. The van der Waals surface area contributed by atoms with E-state index < -0.39 is 23.6 Å². The van der Waals surface area contributed by atoms with Crippen LogP contribution in [0.25, 0.3) is 21.7 Å². The first kappa shape index (κ1) is 56.1. The van der Waals surface area contributed by atoms with Gasteiger partial charge in [0, 0.05) is 101 Å². The number of phenolic OH excluding ortho intramolecular Hbond substituents is 1. The SMILES string of the molecule is Cc1ncsc1-c1ccc(CNC(=O)[C@@H]2C[C@@H](O)CN2C(=O)C(NC(=O)CCCCCCCCCC(=O)N2CCN(Cc3cccc(N4C5CCC4CN(c4cc(-c6ccccc6O)nnc4N)C5)c3)CC2)C(C)(C)C)cc1. The van der Waals surface area contributed by atoms with Crippen LogP contribution in [0.1, 0.15) is 115 Å². The number of hydrogen-bond acceptors (Lipinski definition) is 14. The minimum atomic E-state index is -0.855. The van der Waals surface area contributed by atoms with Crippen LogP contribution in [-0.4, -0.2) is 140 Å². The lowest BCUT2D eigenvalue weighted by Crippen LogP contribution is -2.57. The molecule has 5 atom stereocenters. The maximum Gasteiger partial charge on any atom is 0.246 e. The van der Waals surface area contributed by atoms with Gasteiger partial charge in [-0.1, -0.05) is 101 Å². The number of piperazine rings is 2. The number of fused-ring (bicyclic) bond motifs is 2. The van der Waals surface area contributed by atoms with Crippen LogP contribution in [0.4, 0.5) is 17.2 Å². The highest BCUT2D eigenvalue weighted by molar-refractivity contribution is 7.13. The van der Waals surface area contributed by atoms with Crippen LogP contribution in [0.3, 0.4) is 0 Å². The van der Waals surface area contributed by atoms with Crippen molar-refractivity contribution < 1.29 is 29.4 Å². The summed E-state index contributed by atoms with van der Waals surface area (Å²) < 4.78 is 0. The number of rotatable bonds is 21. The van der Waals surface area contributed by atoms with Crippen LogP contribution >= 0.6 is 11.3 Å². The number of nitrogens with one attached hydrogen (secondary N) is 2. The van der Waals surface area contributed by atoms with E-state index in [1.807, 2.05) is 80.6 Å². The Morgan fingerprint density at radius 1 is 0.808 bits per heavy atom. The number of nitrogens with zero attached hydrogens (tertiary/aromatic N) is 8. The Labute approximate surface area is 463 Å². The monoisotopic (exact) mass is 1080 g/mol. The van der Waals surface area contributed by atoms with E-state index in [0.717, 1.165) is 125 Å². The molecule has 2 bridgehead atoms. The summed E-state index contributed by atoms with van der Waals surface area (Å²) in [6.45, 7) is 13.7. The van der Waals surface area contributed by atoms with Gasteiger partial charge in [0.1, 0.15) is 17.8 Å². The molecule has 17 nitrogen and oxygen atoms in total. The number of β-amino-alcohol motifs (C(OH)–C–C–N with tert-alkyl or cyclic N) is 1. The number of phenols is 1. The summed E-state index contributed by atoms with van der Waals surface area (Å²) in [5, 5.41) is 35.6. The van der Waals surface area contributed by atoms with E-state index in [0.29, 0.717) is 48.4 Å². The van der Waals surface area contributed by atoms with E-state index in [1.165, 1.54) is 16.2 Å². The summed E-state index contributed by atoms with van der Waals surface area (Å²) in [5.74, 6) is -0.0882. The first-order chi connectivity index (χ1) is 37.6. The molecule has 3 aromatic carbocycles. The van der Waals surface area contributed by atoms with Crippen molar-refractivity contribution in [3.63, 3.8) is 0 Å². The maximum atomic E-state index is 14.1. The predicted octanol–water partition coefficient (Wildman–Crippen LogP) is 7.69. The Bertz CT molecular complexity index is 2850. The standard InChI is InChI=1S/C60H79N11O6S/c1-40-55(78-39-63-40)43-23-21-41(22-24-43)34-62-58(76)51-32-47(72)38-70(51)59(77)56(60(2,3)4)64-53(74)19-10-8-6-5-7-9-11-20-54(75)68-29-27-67(28-30-68)35-42-15-14-16-44(31-42)71-45-25-26-46(71)37-69(36-45)50-33-49(65-66-57(50)61)48-17-12-13-18-52(48)73/h12-18,21-24,31,33,39,45-47,51,56,72-73H,5-11,19-20,25-30,32,34-38H2,1-4H3,(H2,61,66)(H,62,76)(H,64,74)/t45?,46?,47-,51+,56?/m1/s1. The van der Waals surface area contributed by atoms with E-state index in [4.69, 9.17) is 5.73 Å². The molecule has 4 saturated heterocycles. The van der Waals surface area contributed by atoms with Crippen LogP contribution in [0.15, 0.2) is 84.4 Å². The van der Waals surface area contributed by atoms with Crippen molar-refractivity contribution in [1.82, 2.24) is 40.5 Å². The Balaban J connectivity index is 0.637. The number of aromatic nitrogens is 3. The predicted molar refractivity (Wildman–Crippen MR) is 307 cm³/mol. The Kier molecular flexibility index (Phi) is 18.3. The number of para-hydroxylation sites is 1. The molecule has 416 valence electrons. The molecule has 4 fully saturated rings. The fourth-order valence-corrected chi connectivity index (χ4v) is 12.6. The molecule has 4 amide bonds. The number of hydrogen-bond donors (Lipinski definition) is 5. The highest BCUT2D eigenvalue weighted by Crippen LogP contribution is 2.40. The van der Waals surface area contributed by atoms with Crippen LogP contribution in [0, 0.1) is 12.3 Å². The van der Waals surface area contributed by atoms with Crippen molar-refractivity contribution in [3.05, 3.63) is 101 Å². The minimum absolute atomic E-state index is 0.0312. The number of aliphatic hydroxyl groups is 1. The molecule has 0 spiro atoms. The van der Waals surface area contributed by atoms with Crippen molar-refractivity contribution in [2.24, 2.45) is 5.41 Å². The molecule has 78 heavy (non-hydrogen) atoms. The van der Waals surface area contributed by atoms with Gasteiger partial charge in [-0.25, -0.2) is 4.98 Å². The zero-order valence-electron chi connectivity index (χ0n) is 45.9. The summed E-state index contributed by atoms with van der Waals surface area (Å²) in [6, 6.07) is 25.0. The van der Waals surface area contributed by atoms with Gasteiger partial charge in [0.05, 0.1) is 33.6 Å². The number of benzene rings is 3. The number of carbonyl (C=O) groups is 4. The summed E-state index contributed by atoms with van der Waals surface area (Å²) in [6.07, 6.45) is 8.92. The van der Waals surface area contributed by atoms with Crippen molar-refractivity contribution in [2.45, 2.75) is 148 Å². The second-order valence-electron chi connectivity index (χ2n) is 23.0. The summed E-state index contributed by atoms with van der Waals surface area (Å²) in [4.78, 5) is 70.3. The van der Waals surface area contributed by atoms with Gasteiger partial charge in [-0.3, -0.25) is 24.1 Å². The highest BCUT2D eigenvalue weighted by atomic mass is 32.1. The zero-order valence-corrected chi connectivity index (χ0v) is 46.7. The van der Waals surface area contributed by atoms with Crippen molar-refractivity contribution in [2.75, 3.05) is 61.3 Å². The van der Waals surface area contributed by atoms with Crippen LogP contribution in [-0.2, 0) is 32.3 Å². The van der Waals surface area contributed by atoms with Gasteiger partial charge in [-0.15, -0.1) is 21.5 Å². The lowest BCUT2D eigenvalue weighted by Gasteiger charge is -2.43. The molecule has 9 rings (SSSR count). The first-order valence-corrected chi connectivity index (χ1v) is 29.1. The molecule has 0 saturated carbocycles. The van der Waals surface area contributed by atoms with E-state index in [1.54, 1.807) is 23.5 Å². The molecule has 6 heterocycles. The average molecular weight is 1080 g/mol. The van der Waals surface area contributed by atoms with Crippen LogP contribution in [0.5, 0.6) is 5.75 Å². The van der Waals surface area contributed by atoms with E-state index in [2.05, 4.69) is 64.8 Å². The lowest BCUT2D eigenvalue weighted by atomic mass is 9.85. The zero-order chi connectivity index (χ0) is 54.9. The van der Waals surface area contributed by atoms with E-state index in [9.17, 15) is 29.4 Å². The second-order valence-corrected chi connectivity index (χ2v) is 23.8. The Hall–Kier alpha value is -6.63. The van der Waals surface area contributed by atoms with Gasteiger partial charge in [0.2, 0.25) is 23.6 Å². The highest BCUT2D eigenvalue weighted by Gasteiger charge is 2.45. The molecule has 5 aromatic rings. The number of aryl methyl sites for hydroxylation is 1.